The van der Waals surface area contributed by atoms with Gasteiger partial charge in [-0.3, -0.25) is 0 Å². The van der Waals surface area contributed by atoms with Gasteiger partial charge in [-0.15, -0.1) is 0 Å². The number of benzene rings is 2. The summed E-state index contributed by atoms with van der Waals surface area (Å²) in [5.74, 6) is 0.720. The van der Waals surface area contributed by atoms with Gasteiger partial charge in [0.15, 0.2) is 0 Å². The molecule has 0 saturated heterocycles. The smallest absolute Gasteiger partial charge is 0.0187 e. The van der Waals surface area contributed by atoms with E-state index in [1.165, 1.54) is 22.3 Å². The van der Waals surface area contributed by atoms with Crippen LogP contribution in [0.3, 0.4) is 0 Å². The Labute approximate surface area is 133 Å². The third-order valence-electron chi connectivity index (χ3n) is 4.32. The van der Waals surface area contributed by atoms with E-state index in [4.69, 9.17) is 0 Å². The van der Waals surface area contributed by atoms with Crippen molar-refractivity contribution >= 4 is 0 Å². The molecule has 0 saturated carbocycles. The Hall–Kier alpha value is -2.34. The Morgan fingerprint density at radius 3 is 1.55 bits per heavy atom. The first-order valence-electron chi connectivity index (χ1n) is 7.82. The molecule has 0 atom stereocenters. The van der Waals surface area contributed by atoms with Crippen LogP contribution in [0.25, 0.3) is 0 Å². The quantitative estimate of drug-likeness (QED) is 0.675. The minimum atomic E-state index is 0.349. The van der Waals surface area contributed by atoms with Crippen molar-refractivity contribution in [1.29, 1.82) is 0 Å². The van der Waals surface area contributed by atoms with Crippen LogP contribution in [0.4, 0.5) is 0 Å². The van der Waals surface area contributed by atoms with Crippen molar-refractivity contribution in [1.82, 2.24) is 0 Å². The molecule has 0 fully saturated rings. The number of hydrogen-bond acceptors (Lipinski definition) is 0. The molecule has 0 heterocycles. The van der Waals surface area contributed by atoms with E-state index < -0.39 is 0 Å². The third-order valence-corrected chi connectivity index (χ3v) is 4.32. The van der Waals surface area contributed by atoms with Gasteiger partial charge in [-0.2, -0.15) is 0 Å². The van der Waals surface area contributed by atoms with Crippen molar-refractivity contribution < 1.29 is 0 Å². The summed E-state index contributed by atoms with van der Waals surface area (Å²) in [6.07, 6.45) is 8.79. The highest BCUT2D eigenvalue weighted by atomic mass is 14.3. The normalized spacial score (nSPS) is 14.8. The molecular formula is C22H22. The van der Waals surface area contributed by atoms with Crippen molar-refractivity contribution in [3.8, 4) is 0 Å². The van der Waals surface area contributed by atoms with Crippen molar-refractivity contribution in [3.63, 3.8) is 0 Å². The lowest BCUT2D eigenvalue weighted by Gasteiger charge is -2.25. The first kappa shape index (κ1) is 14.6. The molecule has 2 aromatic rings. The van der Waals surface area contributed by atoms with Crippen LogP contribution < -0.4 is 0 Å². The number of aryl methyl sites for hydroxylation is 2. The molecule has 0 aliphatic heterocycles. The summed E-state index contributed by atoms with van der Waals surface area (Å²) in [7, 11) is 0. The third kappa shape index (κ3) is 3.12. The van der Waals surface area contributed by atoms with Crippen LogP contribution in [0.15, 0.2) is 85.0 Å². The lowest BCUT2D eigenvalue weighted by Crippen LogP contribution is -2.12. The molecule has 1 aliphatic rings. The summed E-state index contributed by atoms with van der Waals surface area (Å²) in [6, 6.07) is 17.8. The van der Waals surface area contributed by atoms with Gasteiger partial charge in [0.25, 0.3) is 0 Å². The lowest BCUT2D eigenvalue weighted by atomic mass is 9.78. The second-order valence-electron chi connectivity index (χ2n) is 6.17. The fourth-order valence-electron chi connectivity index (χ4n) is 3.00. The van der Waals surface area contributed by atoms with E-state index in [1.54, 1.807) is 0 Å². The van der Waals surface area contributed by atoms with E-state index in [-0.39, 0.29) is 0 Å². The molecule has 0 unspecified atom stereocenters. The minimum Gasteiger partial charge on any atom is -0.0918 e. The molecule has 0 spiro atoms. The highest BCUT2D eigenvalue weighted by Gasteiger charge is 2.22. The van der Waals surface area contributed by atoms with Crippen LogP contribution in [0.1, 0.15) is 28.2 Å². The van der Waals surface area contributed by atoms with E-state index in [9.17, 15) is 0 Å². The summed E-state index contributed by atoms with van der Waals surface area (Å²) in [6.45, 7) is 8.27. The molecule has 3 rings (SSSR count). The average molecular weight is 286 g/mol. The van der Waals surface area contributed by atoms with E-state index in [0.29, 0.717) is 11.8 Å². The van der Waals surface area contributed by atoms with E-state index >= 15 is 0 Å². The zero-order chi connectivity index (χ0) is 15.5. The van der Waals surface area contributed by atoms with Gasteiger partial charge in [0.2, 0.25) is 0 Å². The second kappa shape index (κ2) is 6.19. The Morgan fingerprint density at radius 1 is 0.727 bits per heavy atom. The summed E-state index contributed by atoms with van der Waals surface area (Å²) in [4.78, 5) is 0. The minimum absolute atomic E-state index is 0.349. The van der Waals surface area contributed by atoms with E-state index in [2.05, 4.69) is 93.3 Å². The molecule has 0 radical (unpaired) electrons. The van der Waals surface area contributed by atoms with Crippen molar-refractivity contribution in [3.05, 3.63) is 107 Å². The topological polar surface area (TPSA) is 0 Å². The number of rotatable bonds is 3. The molecule has 0 nitrogen and oxygen atoms in total. The van der Waals surface area contributed by atoms with Crippen LogP contribution in [-0.2, 0) is 0 Å². The standard InChI is InChI=1S/C22H22/c1-16-4-10-19(11-5-16)22(20-12-6-17(2)7-13-20)21-14-8-18(3)9-15-21/h4-15,19,22H,1H2,2-3H3. The lowest BCUT2D eigenvalue weighted by molar-refractivity contribution is 0.681. The molecule has 0 amide bonds. The van der Waals surface area contributed by atoms with Gasteiger partial charge in [0.05, 0.1) is 0 Å². The maximum absolute atomic E-state index is 4.00. The Balaban J connectivity index is 2.03. The van der Waals surface area contributed by atoms with Gasteiger partial charge < -0.3 is 0 Å². The summed E-state index contributed by atoms with van der Waals surface area (Å²) in [5, 5.41) is 0. The van der Waals surface area contributed by atoms with Crippen molar-refractivity contribution in [2.45, 2.75) is 19.8 Å². The van der Waals surface area contributed by atoms with Gasteiger partial charge in [-0.05, 0) is 30.5 Å². The summed E-state index contributed by atoms with van der Waals surface area (Å²) < 4.78 is 0. The molecule has 22 heavy (non-hydrogen) atoms. The molecule has 110 valence electrons. The molecule has 0 aromatic heterocycles. The average Bonchev–Trinajstić information content (AvgIpc) is 2.53. The van der Waals surface area contributed by atoms with Gasteiger partial charge in [0.1, 0.15) is 0 Å². The molecule has 1 aliphatic carbocycles. The number of allylic oxidation sites excluding steroid dienone is 5. The largest absolute Gasteiger partial charge is 0.0918 e. The van der Waals surface area contributed by atoms with Crippen LogP contribution in [-0.4, -0.2) is 0 Å². The molecule has 0 heteroatoms. The molecule has 2 aromatic carbocycles. The van der Waals surface area contributed by atoms with Crippen molar-refractivity contribution in [2.75, 3.05) is 0 Å². The van der Waals surface area contributed by atoms with Crippen LogP contribution in [0, 0.1) is 19.8 Å². The van der Waals surface area contributed by atoms with Gasteiger partial charge >= 0.3 is 0 Å². The second-order valence-corrected chi connectivity index (χ2v) is 6.17. The highest BCUT2D eigenvalue weighted by Crippen LogP contribution is 2.36. The molecular weight excluding hydrogens is 264 g/mol. The first-order valence-corrected chi connectivity index (χ1v) is 7.82. The van der Waals surface area contributed by atoms with Gasteiger partial charge in [-0.25, -0.2) is 0 Å². The van der Waals surface area contributed by atoms with Gasteiger partial charge in [-0.1, -0.05) is 90.5 Å². The zero-order valence-corrected chi connectivity index (χ0v) is 13.3. The van der Waals surface area contributed by atoms with Crippen LogP contribution in [0.5, 0.6) is 0 Å². The maximum Gasteiger partial charge on any atom is 0.0187 e. The summed E-state index contributed by atoms with van der Waals surface area (Å²) in [5.41, 5.74) is 6.40. The predicted octanol–water partition coefficient (Wildman–Crippen LogP) is 5.73. The fourth-order valence-corrected chi connectivity index (χ4v) is 3.00. The van der Waals surface area contributed by atoms with Crippen LogP contribution in [0.2, 0.25) is 0 Å². The molecule has 0 bridgehead atoms. The maximum atomic E-state index is 4.00. The highest BCUT2D eigenvalue weighted by molar-refractivity contribution is 5.42. The van der Waals surface area contributed by atoms with E-state index in [0.717, 1.165) is 5.57 Å². The monoisotopic (exact) mass is 286 g/mol. The van der Waals surface area contributed by atoms with Crippen LogP contribution >= 0.6 is 0 Å². The Morgan fingerprint density at radius 2 is 1.14 bits per heavy atom. The summed E-state index contributed by atoms with van der Waals surface area (Å²) >= 11 is 0. The predicted molar refractivity (Wildman–Crippen MR) is 95.1 cm³/mol. The van der Waals surface area contributed by atoms with E-state index in [1.807, 2.05) is 0 Å². The Kier molecular flexibility index (Phi) is 4.11. The SMILES string of the molecule is C=C1C=CC(C(c2ccc(C)cc2)c2ccc(C)cc2)C=C1. The Bertz CT molecular complexity index is 650. The zero-order valence-electron chi connectivity index (χ0n) is 13.3. The van der Waals surface area contributed by atoms with Gasteiger partial charge in [0, 0.05) is 11.8 Å². The fraction of sp³-hybridized carbons (Fsp3) is 0.182. The molecule has 0 N–H and O–H groups in total. The first-order chi connectivity index (χ1) is 10.6. The number of hydrogen-bond donors (Lipinski definition) is 0. The van der Waals surface area contributed by atoms with Crippen molar-refractivity contribution in [2.24, 2.45) is 5.92 Å².